The fourth-order valence-electron chi connectivity index (χ4n) is 2.87. The number of hydrazine groups is 1. The van der Waals surface area contributed by atoms with Gasteiger partial charge in [0.1, 0.15) is 19.3 Å². The van der Waals surface area contributed by atoms with Crippen LogP contribution in [0.5, 0.6) is 0 Å². The molecule has 2 unspecified atom stereocenters. The number of ether oxygens (including phenoxy) is 2. The molecule has 0 bridgehead atoms. The third-order valence-corrected chi connectivity index (χ3v) is 5.06. The van der Waals surface area contributed by atoms with Gasteiger partial charge >= 0.3 is 12.2 Å². The molecule has 2 atom stereocenters. The van der Waals surface area contributed by atoms with Crippen molar-refractivity contribution >= 4 is 35.2 Å². The Labute approximate surface area is 190 Å². The normalized spacial score (nSPS) is 17.5. The lowest BCUT2D eigenvalue weighted by molar-refractivity contribution is -0.385. The van der Waals surface area contributed by atoms with Crippen LogP contribution in [-0.4, -0.2) is 55.3 Å². The van der Waals surface area contributed by atoms with E-state index in [0.29, 0.717) is 16.1 Å². The number of hydrogen-bond donors (Lipinski definition) is 1. The van der Waals surface area contributed by atoms with Crippen LogP contribution in [0, 0.1) is 20.2 Å². The van der Waals surface area contributed by atoms with Gasteiger partial charge in [-0.3, -0.25) is 20.2 Å². The Kier molecular flexibility index (Phi) is 7.25. The van der Waals surface area contributed by atoms with Gasteiger partial charge in [-0.2, -0.15) is 5.01 Å². The van der Waals surface area contributed by atoms with Gasteiger partial charge in [-0.15, -0.1) is 0 Å². The number of nitro benzene ring substituents is 2. The predicted molar refractivity (Wildman–Crippen MR) is 111 cm³/mol. The highest BCUT2D eigenvalue weighted by Crippen LogP contribution is 2.25. The number of halogens is 1. The molecule has 0 saturated carbocycles. The number of nitro groups is 2. The van der Waals surface area contributed by atoms with Crippen LogP contribution in [0.4, 0.5) is 21.0 Å². The van der Waals surface area contributed by atoms with Gasteiger partial charge in [-0.25, -0.2) is 14.6 Å². The summed E-state index contributed by atoms with van der Waals surface area (Å²) in [5.74, 6) is 0. The minimum Gasteiger partial charge on any atom is -0.443 e. The lowest BCUT2D eigenvalue weighted by Gasteiger charge is -2.27. The van der Waals surface area contributed by atoms with E-state index in [4.69, 9.17) is 21.1 Å². The third-order valence-electron chi connectivity index (χ3n) is 4.59. The van der Waals surface area contributed by atoms with Crippen molar-refractivity contribution in [3.8, 4) is 0 Å². The van der Waals surface area contributed by atoms with Crippen molar-refractivity contribution in [3.05, 3.63) is 79.9 Å². The van der Waals surface area contributed by atoms with E-state index in [1.807, 2.05) is 0 Å². The average molecular weight is 481 g/mol. The molecule has 0 aliphatic carbocycles. The maximum Gasteiger partial charge on any atom is 0.430 e. The highest BCUT2D eigenvalue weighted by Gasteiger charge is 2.45. The van der Waals surface area contributed by atoms with Crippen molar-refractivity contribution in [2.45, 2.75) is 24.8 Å². The van der Waals surface area contributed by atoms with Gasteiger partial charge in [-0.1, -0.05) is 11.6 Å². The van der Waals surface area contributed by atoms with Gasteiger partial charge in [0, 0.05) is 24.3 Å². The summed E-state index contributed by atoms with van der Waals surface area (Å²) in [7, 11) is 0. The van der Waals surface area contributed by atoms with E-state index in [9.17, 15) is 34.9 Å². The van der Waals surface area contributed by atoms with Crippen LogP contribution in [0.15, 0.2) is 48.5 Å². The number of nitrogens with zero attached hydrogens (tertiary/aromatic N) is 4. The first-order valence-corrected chi connectivity index (χ1v) is 9.80. The molecule has 1 heterocycles. The quantitative estimate of drug-likeness (QED) is 0.283. The highest BCUT2D eigenvalue weighted by molar-refractivity contribution is 6.21. The van der Waals surface area contributed by atoms with Crippen LogP contribution in [-0.2, 0) is 22.7 Å². The highest BCUT2D eigenvalue weighted by atomic mass is 35.5. The fourth-order valence-corrected chi connectivity index (χ4v) is 3.13. The van der Waals surface area contributed by atoms with E-state index in [-0.39, 0.29) is 31.1 Å². The molecule has 33 heavy (non-hydrogen) atoms. The molecule has 13 nitrogen and oxygen atoms in total. The lowest BCUT2D eigenvalue weighted by Crippen LogP contribution is -2.47. The molecule has 1 N–H and O–H groups in total. The number of carbonyl (C=O) groups excluding carboxylic acids is 2. The van der Waals surface area contributed by atoms with Gasteiger partial charge < -0.3 is 14.6 Å². The first-order chi connectivity index (χ1) is 15.7. The zero-order chi connectivity index (χ0) is 24.1. The molecule has 2 aromatic rings. The number of aliphatic hydroxyl groups is 1. The molecule has 2 amide bonds. The molecular formula is C19H17ClN4O9. The predicted octanol–water partition coefficient (Wildman–Crippen LogP) is 2.93. The summed E-state index contributed by atoms with van der Waals surface area (Å²) in [6, 6.07) is 10.6. The average Bonchev–Trinajstić information content (AvgIpc) is 3.10. The van der Waals surface area contributed by atoms with Crippen molar-refractivity contribution in [2.75, 3.05) is 6.54 Å². The van der Waals surface area contributed by atoms with E-state index in [1.165, 1.54) is 48.5 Å². The van der Waals surface area contributed by atoms with E-state index < -0.39 is 33.6 Å². The van der Waals surface area contributed by atoms with Gasteiger partial charge in [0.25, 0.3) is 11.4 Å². The SMILES string of the molecule is O=C(OCc1ccc([N+](=O)[O-])cc1)N1CC(O)C(Cl)N1C(=O)OCc1ccc([N+](=O)[O-])cc1. The molecule has 0 spiro atoms. The molecule has 1 aliphatic rings. The lowest BCUT2D eigenvalue weighted by atomic mass is 10.2. The Hall–Kier alpha value is -3.97. The molecule has 174 valence electrons. The molecule has 3 rings (SSSR count). The topological polar surface area (TPSA) is 166 Å². The molecule has 0 radical (unpaired) electrons. The Morgan fingerprint density at radius 3 is 1.76 bits per heavy atom. The Bertz CT molecular complexity index is 1050. The fraction of sp³-hybridized carbons (Fsp3) is 0.263. The molecule has 1 saturated heterocycles. The van der Waals surface area contributed by atoms with Gasteiger partial charge in [0.05, 0.1) is 16.4 Å². The number of alkyl halides is 1. The maximum absolute atomic E-state index is 12.5. The van der Waals surface area contributed by atoms with Crippen molar-refractivity contribution in [1.29, 1.82) is 0 Å². The second-order valence-corrected chi connectivity index (χ2v) is 7.27. The van der Waals surface area contributed by atoms with Gasteiger partial charge in [0.2, 0.25) is 0 Å². The van der Waals surface area contributed by atoms with E-state index in [0.717, 1.165) is 5.01 Å². The first-order valence-electron chi connectivity index (χ1n) is 9.36. The second-order valence-electron chi connectivity index (χ2n) is 6.82. The van der Waals surface area contributed by atoms with Crippen LogP contribution in [0.2, 0.25) is 0 Å². The molecule has 1 aliphatic heterocycles. The third kappa shape index (κ3) is 5.64. The van der Waals surface area contributed by atoms with E-state index in [2.05, 4.69) is 0 Å². The van der Waals surface area contributed by atoms with Crippen LogP contribution in [0.25, 0.3) is 0 Å². The standard InChI is InChI=1S/C19H17ClN4O9/c20-17-16(25)9-21(18(26)32-10-12-1-5-14(6-2-12)23(28)29)22(17)19(27)33-11-13-3-7-15(8-4-13)24(30)31/h1-8,16-17,25H,9-11H2. The number of rotatable bonds is 6. The number of hydrogen-bond acceptors (Lipinski definition) is 9. The molecule has 2 aromatic carbocycles. The number of β-amino-alcohol motifs (C(OH)–C–C–N with tert-alkyl or cyclic N) is 1. The smallest absolute Gasteiger partial charge is 0.430 e. The maximum atomic E-state index is 12.5. The number of amides is 2. The Balaban J connectivity index is 1.60. The van der Waals surface area contributed by atoms with Crippen LogP contribution < -0.4 is 0 Å². The summed E-state index contributed by atoms with van der Waals surface area (Å²) in [6.45, 7) is -0.847. The van der Waals surface area contributed by atoms with Crippen molar-refractivity contribution in [1.82, 2.24) is 10.0 Å². The van der Waals surface area contributed by atoms with Crippen LogP contribution in [0.1, 0.15) is 11.1 Å². The summed E-state index contributed by atoms with van der Waals surface area (Å²) in [4.78, 5) is 45.3. The summed E-state index contributed by atoms with van der Waals surface area (Å²) in [5, 5.41) is 32.9. The number of carbonyl (C=O) groups is 2. The molecule has 0 aromatic heterocycles. The van der Waals surface area contributed by atoms with E-state index in [1.54, 1.807) is 0 Å². The Morgan fingerprint density at radius 1 is 0.909 bits per heavy atom. The number of benzene rings is 2. The first kappa shape index (κ1) is 23.7. The van der Waals surface area contributed by atoms with Crippen LogP contribution in [0.3, 0.4) is 0 Å². The van der Waals surface area contributed by atoms with Gasteiger partial charge in [0.15, 0.2) is 5.50 Å². The van der Waals surface area contributed by atoms with Crippen molar-refractivity contribution in [2.24, 2.45) is 0 Å². The summed E-state index contributed by atoms with van der Waals surface area (Å²) >= 11 is 6.05. The molecule has 14 heteroatoms. The van der Waals surface area contributed by atoms with Gasteiger partial charge in [-0.05, 0) is 35.4 Å². The van der Waals surface area contributed by atoms with Crippen molar-refractivity contribution in [3.63, 3.8) is 0 Å². The summed E-state index contributed by atoms with van der Waals surface area (Å²) in [5.41, 5.74) is -0.646. The minimum atomic E-state index is -1.30. The van der Waals surface area contributed by atoms with Crippen LogP contribution >= 0.6 is 11.6 Å². The number of aliphatic hydroxyl groups excluding tert-OH is 1. The molecular weight excluding hydrogens is 464 g/mol. The number of non-ortho nitro benzene ring substituents is 2. The Morgan fingerprint density at radius 2 is 1.33 bits per heavy atom. The minimum absolute atomic E-state index is 0.125. The zero-order valence-electron chi connectivity index (χ0n) is 16.8. The summed E-state index contributed by atoms with van der Waals surface area (Å²) in [6.07, 6.45) is -3.31. The van der Waals surface area contributed by atoms with Crippen molar-refractivity contribution < 1.29 is 34.0 Å². The monoisotopic (exact) mass is 480 g/mol. The summed E-state index contributed by atoms with van der Waals surface area (Å²) < 4.78 is 10.2. The van der Waals surface area contributed by atoms with E-state index >= 15 is 0 Å². The molecule has 1 fully saturated rings. The second kappa shape index (κ2) is 10.1. The zero-order valence-corrected chi connectivity index (χ0v) is 17.5. The largest absolute Gasteiger partial charge is 0.443 e.